The summed E-state index contributed by atoms with van der Waals surface area (Å²) in [5.41, 5.74) is 11.4. The Morgan fingerprint density at radius 3 is 2.94 bits per heavy atom. The van der Waals surface area contributed by atoms with Crippen molar-refractivity contribution in [1.82, 2.24) is 9.88 Å². The van der Waals surface area contributed by atoms with Gasteiger partial charge in [-0.15, -0.1) is 11.3 Å². The predicted molar refractivity (Wildman–Crippen MR) is 64.2 cm³/mol. The van der Waals surface area contributed by atoms with Crippen LogP contribution in [-0.2, 0) is 16.0 Å². The molecule has 4 N–H and O–H groups in total. The van der Waals surface area contributed by atoms with Gasteiger partial charge in [0.2, 0.25) is 11.8 Å². The third kappa shape index (κ3) is 2.55. The summed E-state index contributed by atoms with van der Waals surface area (Å²) in [6.45, 7) is 0.589. The summed E-state index contributed by atoms with van der Waals surface area (Å²) >= 11 is 1.30. The lowest BCUT2D eigenvalue weighted by molar-refractivity contribution is -0.136. The lowest BCUT2D eigenvalue weighted by Gasteiger charge is -2.21. The van der Waals surface area contributed by atoms with Crippen LogP contribution in [0.4, 0.5) is 5.13 Å². The molecule has 0 spiro atoms. The second-order valence-electron chi connectivity index (χ2n) is 4.00. The molecule has 1 aromatic rings. The highest BCUT2D eigenvalue weighted by molar-refractivity contribution is 7.13. The van der Waals surface area contributed by atoms with Gasteiger partial charge in [0, 0.05) is 11.9 Å². The van der Waals surface area contributed by atoms with Gasteiger partial charge in [-0.3, -0.25) is 9.59 Å². The second kappa shape index (κ2) is 4.70. The monoisotopic (exact) mass is 254 g/mol. The van der Waals surface area contributed by atoms with Gasteiger partial charge in [0.15, 0.2) is 5.13 Å². The number of nitrogens with two attached hydrogens (primary N) is 2. The van der Waals surface area contributed by atoms with Crippen LogP contribution in [0.15, 0.2) is 5.38 Å². The van der Waals surface area contributed by atoms with Gasteiger partial charge < -0.3 is 16.4 Å². The van der Waals surface area contributed by atoms with E-state index in [2.05, 4.69) is 4.98 Å². The summed E-state index contributed by atoms with van der Waals surface area (Å²) in [6.07, 6.45) is 1.65. The van der Waals surface area contributed by atoms with Crippen molar-refractivity contribution in [3.63, 3.8) is 0 Å². The molecule has 1 saturated heterocycles. The van der Waals surface area contributed by atoms with Crippen LogP contribution in [0.1, 0.15) is 18.5 Å². The summed E-state index contributed by atoms with van der Waals surface area (Å²) in [5.74, 6) is -0.551. The predicted octanol–water partition coefficient (Wildman–Crippen LogP) is -0.256. The normalized spacial score (nSPS) is 19.5. The highest BCUT2D eigenvalue weighted by Crippen LogP contribution is 2.19. The molecule has 0 radical (unpaired) electrons. The molecule has 0 saturated carbocycles. The smallest absolute Gasteiger partial charge is 0.240 e. The number of anilines is 1. The van der Waals surface area contributed by atoms with Crippen molar-refractivity contribution in [2.75, 3.05) is 12.3 Å². The second-order valence-corrected chi connectivity index (χ2v) is 4.89. The first-order chi connectivity index (χ1) is 8.08. The number of primary amides is 1. The minimum Gasteiger partial charge on any atom is -0.375 e. The zero-order chi connectivity index (χ0) is 12.4. The van der Waals surface area contributed by atoms with Crippen molar-refractivity contribution < 1.29 is 9.59 Å². The molecular formula is C10H14N4O2S. The molecule has 1 aromatic heterocycles. The van der Waals surface area contributed by atoms with Crippen LogP contribution in [0.5, 0.6) is 0 Å². The zero-order valence-electron chi connectivity index (χ0n) is 9.26. The maximum Gasteiger partial charge on any atom is 0.240 e. The largest absolute Gasteiger partial charge is 0.375 e. The molecule has 0 aromatic carbocycles. The molecular weight excluding hydrogens is 240 g/mol. The van der Waals surface area contributed by atoms with Crippen molar-refractivity contribution in [2.24, 2.45) is 5.73 Å². The van der Waals surface area contributed by atoms with E-state index in [9.17, 15) is 9.59 Å². The van der Waals surface area contributed by atoms with Crippen molar-refractivity contribution in [1.29, 1.82) is 0 Å². The fourth-order valence-corrected chi connectivity index (χ4v) is 2.58. The Bertz CT molecular complexity index is 445. The number of hydrogen-bond acceptors (Lipinski definition) is 5. The molecule has 17 heavy (non-hydrogen) atoms. The van der Waals surface area contributed by atoms with E-state index in [0.29, 0.717) is 23.8 Å². The fraction of sp³-hybridized carbons (Fsp3) is 0.500. The minimum atomic E-state index is -0.460. The Kier molecular flexibility index (Phi) is 3.28. The van der Waals surface area contributed by atoms with Crippen molar-refractivity contribution in [3.8, 4) is 0 Å². The molecule has 1 aliphatic heterocycles. The van der Waals surface area contributed by atoms with E-state index in [1.165, 1.54) is 16.2 Å². The standard InChI is InChI=1S/C10H14N4O2S/c11-9(16)7-2-1-3-14(7)8(15)4-6-5-17-10(12)13-6/h5,7H,1-4H2,(H2,11,16)(H2,12,13). The Balaban J connectivity index is 2.02. The first-order valence-corrected chi connectivity index (χ1v) is 6.24. The molecule has 2 heterocycles. The maximum atomic E-state index is 12.0. The average Bonchev–Trinajstić information content (AvgIpc) is 2.86. The van der Waals surface area contributed by atoms with Crippen molar-refractivity contribution in [3.05, 3.63) is 11.1 Å². The molecule has 1 aliphatic rings. The maximum absolute atomic E-state index is 12.0. The Hall–Kier alpha value is -1.63. The SMILES string of the molecule is NC(=O)C1CCCN1C(=O)Cc1csc(N)n1. The van der Waals surface area contributed by atoms with E-state index >= 15 is 0 Å². The molecule has 0 bridgehead atoms. The summed E-state index contributed by atoms with van der Waals surface area (Å²) in [5, 5.41) is 2.20. The summed E-state index contributed by atoms with van der Waals surface area (Å²) in [6, 6.07) is -0.460. The Morgan fingerprint density at radius 2 is 2.35 bits per heavy atom. The van der Waals surface area contributed by atoms with Crippen LogP contribution >= 0.6 is 11.3 Å². The third-order valence-corrected chi connectivity index (χ3v) is 3.53. The number of carbonyl (C=O) groups is 2. The number of nitrogen functional groups attached to an aromatic ring is 1. The topological polar surface area (TPSA) is 102 Å². The average molecular weight is 254 g/mol. The van der Waals surface area contributed by atoms with Crippen molar-refractivity contribution in [2.45, 2.75) is 25.3 Å². The van der Waals surface area contributed by atoms with Gasteiger partial charge in [-0.2, -0.15) is 0 Å². The van der Waals surface area contributed by atoms with E-state index in [4.69, 9.17) is 11.5 Å². The van der Waals surface area contributed by atoms with Gasteiger partial charge in [-0.05, 0) is 12.8 Å². The molecule has 2 rings (SSSR count). The first-order valence-electron chi connectivity index (χ1n) is 5.36. The van der Waals surface area contributed by atoms with E-state index in [-0.39, 0.29) is 12.3 Å². The highest BCUT2D eigenvalue weighted by atomic mass is 32.1. The van der Waals surface area contributed by atoms with Crippen LogP contribution in [0.2, 0.25) is 0 Å². The number of carbonyl (C=O) groups excluding carboxylic acids is 2. The molecule has 92 valence electrons. The molecule has 0 aliphatic carbocycles. The fourth-order valence-electron chi connectivity index (χ4n) is 2.02. The van der Waals surface area contributed by atoms with Gasteiger partial charge in [0.05, 0.1) is 12.1 Å². The Labute approximate surface area is 103 Å². The number of rotatable bonds is 3. The van der Waals surface area contributed by atoms with Crippen LogP contribution in [0, 0.1) is 0 Å². The molecule has 6 nitrogen and oxygen atoms in total. The molecule has 7 heteroatoms. The Morgan fingerprint density at radius 1 is 1.59 bits per heavy atom. The van der Waals surface area contributed by atoms with Gasteiger partial charge >= 0.3 is 0 Å². The van der Waals surface area contributed by atoms with E-state index in [1.807, 2.05) is 0 Å². The van der Waals surface area contributed by atoms with Gasteiger partial charge in [0.25, 0.3) is 0 Å². The third-order valence-electron chi connectivity index (χ3n) is 2.80. The molecule has 1 unspecified atom stereocenters. The first kappa shape index (κ1) is 11.8. The molecule has 1 fully saturated rings. The van der Waals surface area contributed by atoms with Crippen LogP contribution in [-0.4, -0.2) is 34.3 Å². The van der Waals surface area contributed by atoms with Crippen LogP contribution in [0.3, 0.4) is 0 Å². The van der Waals surface area contributed by atoms with E-state index < -0.39 is 11.9 Å². The summed E-state index contributed by atoms with van der Waals surface area (Å²) < 4.78 is 0. The lowest BCUT2D eigenvalue weighted by Crippen LogP contribution is -2.44. The van der Waals surface area contributed by atoms with E-state index in [0.717, 1.165) is 6.42 Å². The molecule has 2 amide bonds. The number of aromatic nitrogens is 1. The number of hydrogen-bond donors (Lipinski definition) is 2. The summed E-state index contributed by atoms with van der Waals surface area (Å²) in [7, 11) is 0. The van der Waals surface area contributed by atoms with Gasteiger partial charge in [-0.1, -0.05) is 0 Å². The van der Waals surface area contributed by atoms with Crippen molar-refractivity contribution >= 4 is 28.3 Å². The number of thiazole rings is 1. The van der Waals surface area contributed by atoms with Gasteiger partial charge in [0.1, 0.15) is 6.04 Å². The number of amides is 2. The number of likely N-dealkylation sites (tertiary alicyclic amines) is 1. The zero-order valence-corrected chi connectivity index (χ0v) is 10.1. The summed E-state index contributed by atoms with van der Waals surface area (Å²) in [4.78, 5) is 28.7. The van der Waals surface area contributed by atoms with Gasteiger partial charge in [-0.25, -0.2) is 4.98 Å². The lowest BCUT2D eigenvalue weighted by atomic mass is 10.2. The minimum absolute atomic E-state index is 0.114. The van der Waals surface area contributed by atoms with E-state index in [1.54, 1.807) is 5.38 Å². The number of nitrogens with zero attached hydrogens (tertiary/aromatic N) is 2. The quantitative estimate of drug-likeness (QED) is 0.776. The van der Waals surface area contributed by atoms with Crippen LogP contribution in [0.25, 0.3) is 0 Å². The highest BCUT2D eigenvalue weighted by Gasteiger charge is 2.32. The van der Waals surface area contributed by atoms with Crippen LogP contribution < -0.4 is 11.5 Å². The molecule has 1 atom stereocenters.